The molecule has 2 heterocycles. The van der Waals surface area contributed by atoms with Crippen LogP contribution in [0.4, 0.5) is 5.13 Å². The van der Waals surface area contributed by atoms with E-state index >= 15 is 0 Å². The van der Waals surface area contributed by atoms with Crippen LogP contribution in [0.1, 0.15) is 20.7 Å². The van der Waals surface area contributed by atoms with Gasteiger partial charge in [-0.2, -0.15) is 0 Å². The summed E-state index contributed by atoms with van der Waals surface area (Å²) in [5.41, 5.74) is -0.0995. The summed E-state index contributed by atoms with van der Waals surface area (Å²) < 4.78 is 0. The van der Waals surface area contributed by atoms with Gasteiger partial charge in [-0.05, 0) is 0 Å². The number of nitrogens with zero attached hydrogens (tertiary/aromatic N) is 2. The summed E-state index contributed by atoms with van der Waals surface area (Å²) in [5, 5.41) is 1.58. The molecule has 0 saturated heterocycles. The fourth-order valence-corrected chi connectivity index (χ4v) is 3.50. The third-order valence-electron chi connectivity index (χ3n) is 2.71. The van der Waals surface area contributed by atoms with Crippen molar-refractivity contribution >= 4 is 74.7 Å². The van der Waals surface area contributed by atoms with Crippen molar-refractivity contribution in [3.05, 3.63) is 42.8 Å². The summed E-state index contributed by atoms with van der Waals surface area (Å²) in [6.45, 7) is 0. The fourth-order valence-electron chi connectivity index (χ4n) is 1.85. The molecule has 20 heavy (non-hydrogen) atoms. The predicted octanol–water partition coefficient (Wildman–Crippen LogP) is 4.56. The molecule has 0 spiro atoms. The summed E-state index contributed by atoms with van der Waals surface area (Å²) in [6.07, 6.45) is 1.48. The second-order valence-electron chi connectivity index (χ2n) is 3.77. The molecule has 9 heteroatoms. The number of rotatable bonds is 1. The van der Waals surface area contributed by atoms with E-state index < -0.39 is 11.8 Å². The van der Waals surface area contributed by atoms with Gasteiger partial charge in [0.2, 0.25) is 0 Å². The number of halogens is 4. The summed E-state index contributed by atoms with van der Waals surface area (Å²) in [7, 11) is 0. The van der Waals surface area contributed by atoms with Crippen molar-refractivity contribution in [2.75, 3.05) is 4.90 Å². The minimum atomic E-state index is -0.620. The van der Waals surface area contributed by atoms with Gasteiger partial charge >= 0.3 is 0 Å². The molecule has 0 fully saturated rings. The third kappa shape index (κ3) is 1.78. The lowest BCUT2D eigenvalue weighted by molar-refractivity contribution is 0.0926. The number of carbonyl (C=O) groups is 2. The molecule has 0 N–H and O–H groups in total. The van der Waals surface area contributed by atoms with Gasteiger partial charge in [0.25, 0.3) is 11.8 Å². The van der Waals surface area contributed by atoms with Crippen LogP contribution in [0.15, 0.2) is 11.6 Å². The minimum absolute atomic E-state index is 0.0498. The van der Waals surface area contributed by atoms with Gasteiger partial charge in [0.15, 0.2) is 5.13 Å². The molecule has 2 amide bonds. The molecule has 4 nitrogen and oxygen atoms in total. The lowest BCUT2D eigenvalue weighted by atomic mass is 10.1. The van der Waals surface area contributed by atoms with Crippen LogP contribution in [-0.2, 0) is 0 Å². The minimum Gasteiger partial charge on any atom is -0.268 e. The van der Waals surface area contributed by atoms with Crippen molar-refractivity contribution in [3.63, 3.8) is 0 Å². The lowest BCUT2D eigenvalue weighted by Gasteiger charge is -2.08. The van der Waals surface area contributed by atoms with Crippen molar-refractivity contribution in [1.82, 2.24) is 4.98 Å². The number of benzene rings is 1. The van der Waals surface area contributed by atoms with Crippen molar-refractivity contribution < 1.29 is 9.59 Å². The Labute approximate surface area is 136 Å². The monoisotopic (exact) mass is 366 g/mol. The van der Waals surface area contributed by atoms with Gasteiger partial charge in [-0.1, -0.05) is 46.4 Å². The quantitative estimate of drug-likeness (QED) is 0.421. The summed E-state index contributed by atoms with van der Waals surface area (Å²) in [4.78, 5) is 29.6. The number of anilines is 1. The number of thiazole rings is 1. The van der Waals surface area contributed by atoms with E-state index in [0.717, 1.165) is 16.2 Å². The average molecular weight is 368 g/mol. The highest BCUT2D eigenvalue weighted by atomic mass is 35.5. The molecule has 0 unspecified atom stereocenters. The lowest BCUT2D eigenvalue weighted by Crippen LogP contribution is -2.29. The number of aromatic nitrogens is 1. The number of fused-ring (bicyclic) bond motifs is 1. The highest BCUT2D eigenvalue weighted by Gasteiger charge is 2.43. The molecular formula is C11H2Cl4N2O2S. The van der Waals surface area contributed by atoms with E-state index in [0.29, 0.717) is 0 Å². The summed E-state index contributed by atoms with van der Waals surface area (Å²) >= 11 is 25.0. The van der Waals surface area contributed by atoms with Crippen LogP contribution in [0.3, 0.4) is 0 Å². The van der Waals surface area contributed by atoms with Gasteiger partial charge in [0.1, 0.15) is 0 Å². The van der Waals surface area contributed by atoms with Crippen LogP contribution in [0, 0.1) is 0 Å². The number of amides is 2. The Morgan fingerprint density at radius 3 is 1.80 bits per heavy atom. The number of hydrogen-bond acceptors (Lipinski definition) is 4. The van der Waals surface area contributed by atoms with Crippen LogP contribution in [0.25, 0.3) is 0 Å². The van der Waals surface area contributed by atoms with Crippen molar-refractivity contribution in [1.29, 1.82) is 0 Å². The first-order valence-corrected chi connectivity index (χ1v) is 7.48. The van der Waals surface area contributed by atoms with Crippen molar-refractivity contribution in [2.24, 2.45) is 0 Å². The average Bonchev–Trinajstić information content (AvgIpc) is 3.01. The maximum atomic E-state index is 12.4. The van der Waals surface area contributed by atoms with Crippen LogP contribution in [0.2, 0.25) is 20.1 Å². The molecule has 0 aliphatic carbocycles. The zero-order valence-corrected chi connectivity index (χ0v) is 13.1. The van der Waals surface area contributed by atoms with E-state index in [1.807, 2.05) is 0 Å². The smallest absolute Gasteiger partial charge is 0.268 e. The van der Waals surface area contributed by atoms with Crippen molar-refractivity contribution in [3.8, 4) is 0 Å². The van der Waals surface area contributed by atoms with E-state index in [4.69, 9.17) is 46.4 Å². The molecule has 0 radical (unpaired) electrons. The molecule has 1 aromatic heterocycles. The molecule has 1 aliphatic rings. The first kappa shape index (κ1) is 14.1. The molecule has 0 saturated carbocycles. The third-order valence-corrected chi connectivity index (χ3v) is 5.27. The zero-order valence-electron chi connectivity index (χ0n) is 9.29. The number of hydrogen-bond donors (Lipinski definition) is 0. The maximum Gasteiger partial charge on any atom is 0.269 e. The van der Waals surface area contributed by atoms with Crippen LogP contribution in [0.5, 0.6) is 0 Å². The van der Waals surface area contributed by atoms with Gasteiger partial charge in [-0.25, -0.2) is 9.88 Å². The molecule has 2 aromatic rings. The second kappa shape index (κ2) is 4.86. The summed E-state index contributed by atoms with van der Waals surface area (Å²) in [6, 6.07) is 0. The Balaban J connectivity index is 2.30. The van der Waals surface area contributed by atoms with Gasteiger partial charge in [-0.15, -0.1) is 11.3 Å². The maximum absolute atomic E-state index is 12.4. The van der Waals surface area contributed by atoms with E-state index in [-0.39, 0.29) is 36.3 Å². The Kier molecular flexibility index (Phi) is 3.43. The van der Waals surface area contributed by atoms with Crippen LogP contribution in [-0.4, -0.2) is 16.8 Å². The number of imide groups is 1. The highest BCUT2D eigenvalue weighted by molar-refractivity contribution is 7.14. The van der Waals surface area contributed by atoms with Gasteiger partial charge < -0.3 is 0 Å². The second-order valence-corrected chi connectivity index (χ2v) is 6.15. The normalized spacial score (nSPS) is 14.1. The molecule has 3 rings (SSSR count). The topological polar surface area (TPSA) is 50.3 Å². The van der Waals surface area contributed by atoms with Crippen molar-refractivity contribution in [2.45, 2.75) is 0 Å². The SMILES string of the molecule is O=C1c2c(Cl)c(Cl)c(Cl)c(Cl)c2C(=O)N1c1nccs1. The molecule has 1 aromatic carbocycles. The highest BCUT2D eigenvalue weighted by Crippen LogP contribution is 2.45. The Bertz CT molecular complexity index is 714. The first-order valence-electron chi connectivity index (χ1n) is 5.09. The van der Waals surface area contributed by atoms with Gasteiger partial charge in [0.05, 0.1) is 31.2 Å². The van der Waals surface area contributed by atoms with E-state index in [2.05, 4.69) is 4.98 Å². The largest absolute Gasteiger partial charge is 0.269 e. The Hall–Kier alpha value is -0.850. The van der Waals surface area contributed by atoms with E-state index in [1.165, 1.54) is 6.20 Å². The Morgan fingerprint density at radius 1 is 0.900 bits per heavy atom. The summed E-state index contributed by atoms with van der Waals surface area (Å²) in [5.74, 6) is -1.24. The van der Waals surface area contributed by atoms with Gasteiger partial charge in [-0.3, -0.25) is 9.59 Å². The predicted molar refractivity (Wildman–Crippen MR) is 79.7 cm³/mol. The standard InChI is InChI=1S/C11H2Cl4N2O2S/c12-5-3-4(6(13)8(15)7(5)14)10(19)17(9(3)18)11-16-1-2-20-11/h1-2H. The fraction of sp³-hybridized carbons (Fsp3) is 0. The molecule has 0 bridgehead atoms. The molecule has 1 aliphatic heterocycles. The number of carbonyl (C=O) groups excluding carboxylic acids is 2. The van der Waals surface area contributed by atoms with Crippen LogP contribution >= 0.6 is 57.7 Å². The Morgan fingerprint density at radius 2 is 1.40 bits per heavy atom. The van der Waals surface area contributed by atoms with E-state index in [1.54, 1.807) is 5.38 Å². The first-order chi connectivity index (χ1) is 9.45. The van der Waals surface area contributed by atoms with E-state index in [9.17, 15) is 9.59 Å². The molecule has 0 atom stereocenters. The molecular weight excluding hydrogens is 366 g/mol. The zero-order chi connectivity index (χ0) is 14.6. The van der Waals surface area contributed by atoms with Gasteiger partial charge in [0, 0.05) is 11.6 Å². The van der Waals surface area contributed by atoms with Crippen LogP contribution < -0.4 is 4.90 Å². The molecule has 102 valence electrons.